The summed E-state index contributed by atoms with van der Waals surface area (Å²) in [5.41, 5.74) is 1.12. The number of hydrogen-bond acceptors (Lipinski definition) is 2. The molecular weight excluding hydrogens is 100 g/mol. The van der Waals surface area contributed by atoms with Gasteiger partial charge in [-0.2, -0.15) is 0 Å². The van der Waals surface area contributed by atoms with Crippen LogP contribution in [-0.4, -0.2) is 12.1 Å². The fourth-order valence-electron chi connectivity index (χ4n) is 0.439. The summed E-state index contributed by atoms with van der Waals surface area (Å²) in [7, 11) is 1.83. The summed E-state index contributed by atoms with van der Waals surface area (Å²) in [6.07, 6.45) is 3.13. The van der Waals surface area contributed by atoms with Gasteiger partial charge in [0, 0.05) is 12.7 Å². The molecule has 0 amide bonds. The van der Waals surface area contributed by atoms with Crippen molar-refractivity contribution in [3.63, 3.8) is 0 Å². The monoisotopic (exact) mass is 114 g/mol. The maximum atomic E-state index is 5.39. The van der Waals surface area contributed by atoms with Crippen LogP contribution in [0.3, 0.4) is 0 Å². The van der Waals surface area contributed by atoms with Crippen LogP contribution in [0.1, 0.15) is 20.3 Å². The average molecular weight is 114 g/mol. The molecule has 8 heavy (non-hydrogen) atoms. The number of nitrogens with two attached hydrogens (primary N) is 1. The maximum Gasteiger partial charge on any atom is 0.0225 e. The molecular formula is C6H14N2. The Hall–Kier alpha value is -0.500. The van der Waals surface area contributed by atoms with Crippen molar-refractivity contribution in [3.05, 3.63) is 11.8 Å². The molecule has 0 rings (SSSR count). The van der Waals surface area contributed by atoms with E-state index in [1.807, 2.05) is 14.0 Å². The molecule has 0 radical (unpaired) electrons. The zero-order chi connectivity index (χ0) is 6.57. The van der Waals surface area contributed by atoms with Gasteiger partial charge in [0.25, 0.3) is 0 Å². The molecule has 2 heteroatoms. The van der Waals surface area contributed by atoms with E-state index in [0.29, 0.717) is 0 Å². The zero-order valence-corrected chi connectivity index (χ0v) is 5.81. The lowest BCUT2D eigenvalue weighted by atomic mass is 10.4. The third-order valence-electron chi connectivity index (χ3n) is 1.06. The lowest BCUT2D eigenvalue weighted by Gasteiger charge is -2.10. The van der Waals surface area contributed by atoms with Crippen LogP contribution in [0.4, 0.5) is 0 Å². The van der Waals surface area contributed by atoms with Gasteiger partial charge in [-0.15, -0.1) is 0 Å². The second-order valence-corrected chi connectivity index (χ2v) is 1.86. The van der Waals surface area contributed by atoms with E-state index < -0.39 is 0 Å². The summed E-state index contributed by atoms with van der Waals surface area (Å²) in [5.74, 6) is 5.39. The molecule has 0 fully saturated rings. The van der Waals surface area contributed by atoms with Gasteiger partial charge in [-0.25, -0.2) is 5.84 Å². The Morgan fingerprint density at radius 3 is 2.38 bits per heavy atom. The molecule has 0 saturated carbocycles. The van der Waals surface area contributed by atoms with Gasteiger partial charge < -0.3 is 5.01 Å². The summed E-state index contributed by atoms with van der Waals surface area (Å²) in [4.78, 5) is 0. The Balaban J connectivity index is 3.61. The van der Waals surface area contributed by atoms with Crippen molar-refractivity contribution >= 4 is 0 Å². The Morgan fingerprint density at radius 1 is 1.75 bits per heavy atom. The van der Waals surface area contributed by atoms with Gasteiger partial charge in [0.1, 0.15) is 0 Å². The normalized spacial score (nSPS) is 11.8. The highest BCUT2D eigenvalue weighted by atomic mass is 15.4. The third kappa shape index (κ3) is 2.64. The van der Waals surface area contributed by atoms with Gasteiger partial charge in [-0.1, -0.05) is 13.0 Å². The quantitative estimate of drug-likeness (QED) is 0.430. The molecule has 0 aromatic carbocycles. The number of hydrogen-bond donors (Lipinski definition) is 1. The molecule has 2 N–H and O–H groups in total. The first-order chi connectivity index (χ1) is 3.68. The summed E-state index contributed by atoms with van der Waals surface area (Å²) in [5, 5.41) is 1.61. The van der Waals surface area contributed by atoms with E-state index in [9.17, 15) is 0 Å². The molecule has 2 nitrogen and oxygen atoms in total. The van der Waals surface area contributed by atoms with Crippen molar-refractivity contribution in [1.29, 1.82) is 0 Å². The minimum Gasteiger partial charge on any atom is -0.319 e. The van der Waals surface area contributed by atoms with Gasteiger partial charge in [0.15, 0.2) is 0 Å². The molecule has 0 saturated heterocycles. The fraction of sp³-hybridized carbons (Fsp3) is 0.667. The molecule has 48 valence electrons. The standard InChI is InChI=1S/C6H14N2/c1-4-5-6(2)8(3)7/h5H,4,7H2,1-3H3/b6-5-. The van der Waals surface area contributed by atoms with Gasteiger partial charge in [-0.05, 0) is 13.3 Å². The maximum absolute atomic E-state index is 5.39. The zero-order valence-electron chi connectivity index (χ0n) is 5.81. The largest absolute Gasteiger partial charge is 0.319 e. The number of allylic oxidation sites excluding steroid dienone is 2. The van der Waals surface area contributed by atoms with Crippen molar-refractivity contribution in [1.82, 2.24) is 5.01 Å². The lowest BCUT2D eigenvalue weighted by molar-refractivity contribution is 0.440. The van der Waals surface area contributed by atoms with Crippen molar-refractivity contribution in [2.75, 3.05) is 7.05 Å². The molecule has 0 aliphatic heterocycles. The molecule has 0 bridgehead atoms. The van der Waals surface area contributed by atoms with E-state index in [-0.39, 0.29) is 0 Å². The fourth-order valence-corrected chi connectivity index (χ4v) is 0.439. The Morgan fingerprint density at radius 2 is 2.25 bits per heavy atom. The topological polar surface area (TPSA) is 29.3 Å². The van der Waals surface area contributed by atoms with E-state index >= 15 is 0 Å². The first-order valence-corrected chi connectivity index (χ1v) is 2.83. The second-order valence-electron chi connectivity index (χ2n) is 1.86. The molecule has 0 aromatic heterocycles. The molecule has 0 heterocycles. The first-order valence-electron chi connectivity index (χ1n) is 2.83. The summed E-state index contributed by atoms with van der Waals surface area (Å²) < 4.78 is 0. The Bertz CT molecular complexity index is 84.5. The molecule has 0 aromatic rings. The van der Waals surface area contributed by atoms with E-state index in [0.717, 1.165) is 12.1 Å². The first kappa shape index (κ1) is 7.50. The average Bonchev–Trinajstić information content (AvgIpc) is 1.67. The van der Waals surface area contributed by atoms with E-state index in [2.05, 4.69) is 13.0 Å². The predicted octanol–water partition coefficient (Wildman–Crippen LogP) is 1.11. The highest BCUT2D eigenvalue weighted by molar-refractivity contribution is 4.92. The van der Waals surface area contributed by atoms with Crippen LogP contribution >= 0.6 is 0 Å². The Labute approximate surface area is 50.9 Å². The third-order valence-corrected chi connectivity index (χ3v) is 1.06. The van der Waals surface area contributed by atoms with Crippen molar-refractivity contribution < 1.29 is 0 Å². The van der Waals surface area contributed by atoms with Gasteiger partial charge in [0.2, 0.25) is 0 Å². The van der Waals surface area contributed by atoms with E-state index in [1.165, 1.54) is 0 Å². The van der Waals surface area contributed by atoms with E-state index in [1.54, 1.807) is 5.01 Å². The number of hydrazine groups is 1. The van der Waals surface area contributed by atoms with Gasteiger partial charge in [-0.3, -0.25) is 0 Å². The van der Waals surface area contributed by atoms with Crippen LogP contribution < -0.4 is 5.84 Å². The molecule has 0 spiro atoms. The highest BCUT2D eigenvalue weighted by Crippen LogP contribution is 1.93. The van der Waals surface area contributed by atoms with Crippen molar-refractivity contribution in [2.45, 2.75) is 20.3 Å². The van der Waals surface area contributed by atoms with Crippen LogP contribution in [0.25, 0.3) is 0 Å². The molecule has 0 unspecified atom stereocenters. The lowest BCUT2D eigenvalue weighted by Crippen LogP contribution is -2.23. The molecule has 0 aliphatic rings. The van der Waals surface area contributed by atoms with Crippen molar-refractivity contribution in [2.24, 2.45) is 5.84 Å². The SMILES string of the molecule is CC/C=C(/C)N(C)N. The van der Waals surface area contributed by atoms with Crippen LogP contribution in [0.15, 0.2) is 11.8 Å². The van der Waals surface area contributed by atoms with Crippen LogP contribution in [0, 0.1) is 0 Å². The van der Waals surface area contributed by atoms with Gasteiger partial charge in [0.05, 0.1) is 0 Å². The second kappa shape index (κ2) is 3.50. The number of nitrogens with zero attached hydrogens (tertiary/aromatic N) is 1. The minimum atomic E-state index is 1.05. The van der Waals surface area contributed by atoms with Crippen LogP contribution in [0.2, 0.25) is 0 Å². The highest BCUT2D eigenvalue weighted by Gasteiger charge is 1.85. The predicted molar refractivity (Wildman–Crippen MR) is 36.0 cm³/mol. The summed E-state index contributed by atoms with van der Waals surface area (Å²) in [6.45, 7) is 4.08. The minimum absolute atomic E-state index is 1.05. The Kier molecular flexibility index (Phi) is 3.28. The smallest absolute Gasteiger partial charge is 0.0225 e. The van der Waals surface area contributed by atoms with Gasteiger partial charge >= 0.3 is 0 Å². The number of rotatable bonds is 2. The molecule has 0 aliphatic carbocycles. The van der Waals surface area contributed by atoms with Crippen LogP contribution in [0.5, 0.6) is 0 Å². The summed E-state index contributed by atoms with van der Waals surface area (Å²) >= 11 is 0. The van der Waals surface area contributed by atoms with E-state index in [4.69, 9.17) is 5.84 Å². The van der Waals surface area contributed by atoms with Crippen LogP contribution in [-0.2, 0) is 0 Å². The van der Waals surface area contributed by atoms with Crippen molar-refractivity contribution in [3.8, 4) is 0 Å². The molecule has 0 atom stereocenters. The summed E-state index contributed by atoms with van der Waals surface area (Å²) in [6, 6.07) is 0.